The van der Waals surface area contributed by atoms with E-state index >= 15 is 0 Å². The molecule has 2 atom stereocenters. The Morgan fingerprint density at radius 1 is 1.18 bits per heavy atom. The Hall–Kier alpha value is -0.820. The Balaban J connectivity index is 1.79. The van der Waals surface area contributed by atoms with E-state index in [1.165, 1.54) is 32.4 Å². The molecule has 1 aliphatic heterocycles. The van der Waals surface area contributed by atoms with E-state index in [1.807, 2.05) is 0 Å². The second kappa shape index (κ2) is 4.13. The predicted octanol–water partition coefficient (Wildman–Crippen LogP) is 3.45. The first-order chi connectivity index (χ1) is 8.19. The minimum Gasteiger partial charge on any atom is -0.316 e. The smallest absolute Gasteiger partial charge is 0.00173 e. The molecule has 0 spiro atoms. The van der Waals surface area contributed by atoms with Crippen LogP contribution in [-0.2, 0) is 5.41 Å². The molecule has 1 aliphatic carbocycles. The number of benzene rings is 1. The van der Waals surface area contributed by atoms with Crippen molar-refractivity contribution in [3.63, 3.8) is 0 Å². The van der Waals surface area contributed by atoms with E-state index in [9.17, 15) is 0 Å². The summed E-state index contributed by atoms with van der Waals surface area (Å²) in [7, 11) is 0. The van der Waals surface area contributed by atoms with Crippen LogP contribution in [0.15, 0.2) is 24.3 Å². The predicted molar refractivity (Wildman–Crippen MR) is 72.4 cm³/mol. The maximum atomic E-state index is 3.48. The normalized spacial score (nSPS) is 31.2. The molecular formula is C16H23N. The summed E-state index contributed by atoms with van der Waals surface area (Å²) < 4.78 is 0. The van der Waals surface area contributed by atoms with Crippen molar-refractivity contribution in [3.8, 4) is 0 Å². The molecule has 0 radical (unpaired) electrons. The lowest BCUT2D eigenvalue weighted by molar-refractivity contribution is 0.349. The van der Waals surface area contributed by atoms with Gasteiger partial charge in [-0.3, -0.25) is 0 Å². The molecular weight excluding hydrogens is 206 g/mol. The summed E-state index contributed by atoms with van der Waals surface area (Å²) in [5, 5.41) is 3.48. The van der Waals surface area contributed by atoms with Crippen molar-refractivity contribution in [2.75, 3.05) is 13.1 Å². The van der Waals surface area contributed by atoms with Crippen LogP contribution < -0.4 is 5.32 Å². The minimum absolute atomic E-state index is 0.512. The molecule has 0 amide bonds. The van der Waals surface area contributed by atoms with Crippen LogP contribution in [0.2, 0.25) is 0 Å². The summed E-state index contributed by atoms with van der Waals surface area (Å²) in [6.07, 6.45) is 4.03. The lowest BCUT2D eigenvalue weighted by Crippen LogP contribution is -2.33. The third kappa shape index (κ3) is 2.13. The fourth-order valence-electron chi connectivity index (χ4n) is 3.12. The molecule has 1 saturated carbocycles. The van der Waals surface area contributed by atoms with E-state index in [1.54, 1.807) is 11.1 Å². The molecule has 1 nitrogen and oxygen atoms in total. The zero-order valence-corrected chi connectivity index (χ0v) is 11.0. The molecule has 1 heteroatoms. The molecule has 2 unspecified atom stereocenters. The largest absolute Gasteiger partial charge is 0.316 e. The first-order valence-corrected chi connectivity index (χ1v) is 7.00. The standard InChI is InChI=1S/C16H23N/c1-12-11-17-10-7-15(12)13-3-5-14(6-4-13)16(2)8-9-16/h3-6,12,15,17H,7-11H2,1-2H3. The highest BCUT2D eigenvalue weighted by Gasteiger charge is 2.38. The van der Waals surface area contributed by atoms with Gasteiger partial charge in [0.25, 0.3) is 0 Å². The van der Waals surface area contributed by atoms with Crippen molar-refractivity contribution in [1.29, 1.82) is 0 Å². The van der Waals surface area contributed by atoms with Gasteiger partial charge in [0.05, 0.1) is 0 Å². The monoisotopic (exact) mass is 229 g/mol. The van der Waals surface area contributed by atoms with Gasteiger partial charge < -0.3 is 5.32 Å². The van der Waals surface area contributed by atoms with Crippen LogP contribution in [0.4, 0.5) is 0 Å². The summed E-state index contributed by atoms with van der Waals surface area (Å²) >= 11 is 0. The van der Waals surface area contributed by atoms with Crippen molar-refractivity contribution in [1.82, 2.24) is 5.32 Å². The maximum Gasteiger partial charge on any atom is -0.00173 e. The molecule has 3 rings (SSSR count). The average Bonchev–Trinajstić information content (AvgIpc) is 3.10. The fourth-order valence-corrected chi connectivity index (χ4v) is 3.12. The van der Waals surface area contributed by atoms with Crippen LogP contribution in [0.5, 0.6) is 0 Å². The van der Waals surface area contributed by atoms with Gasteiger partial charge >= 0.3 is 0 Å². The summed E-state index contributed by atoms with van der Waals surface area (Å²) in [5.41, 5.74) is 3.60. The first kappa shape index (κ1) is 11.3. The quantitative estimate of drug-likeness (QED) is 0.819. The molecule has 0 bridgehead atoms. The topological polar surface area (TPSA) is 12.0 Å². The zero-order chi connectivity index (χ0) is 11.9. The van der Waals surface area contributed by atoms with Crippen LogP contribution in [0.3, 0.4) is 0 Å². The molecule has 1 aromatic rings. The van der Waals surface area contributed by atoms with Gasteiger partial charge in [-0.1, -0.05) is 38.1 Å². The van der Waals surface area contributed by atoms with Gasteiger partial charge in [-0.05, 0) is 60.7 Å². The molecule has 0 aromatic heterocycles. The first-order valence-electron chi connectivity index (χ1n) is 7.00. The fraction of sp³-hybridized carbons (Fsp3) is 0.625. The molecule has 1 N–H and O–H groups in total. The van der Waals surface area contributed by atoms with Crippen molar-refractivity contribution in [2.24, 2.45) is 5.92 Å². The summed E-state index contributed by atoms with van der Waals surface area (Å²) in [5.74, 6) is 1.53. The Morgan fingerprint density at radius 3 is 2.47 bits per heavy atom. The van der Waals surface area contributed by atoms with Gasteiger partial charge in [-0.15, -0.1) is 0 Å². The van der Waals surface area contributed by atoms with E-state index in [4.69, 9.17) is 0 Å². The van der Waals surface area contributed by atoms with Gasteiger partial charge in [0.15, 0.2) is 0 Å². The number of hydrogen-bond donors (Lipinski definition) is 1. The Bertz CT molecular complexity index is 388. The highest BCUT2D eigenvalue weighted by molar-refractivity contribution is 5.34. The second-order valence-electron chi connectivity index (χ2n) is 6.26. The maximum absolute atomic E-state index is 3.48. The van der Waals surface area contributed by atoms with Crippen LogP contribution in [-0.4, -0.2) is 13.1 Å². The van der Waals surface area contributed by atoms with Crippen molar-refractivity contribution >= 4 is 0 Å². The number of nitrogens with one attached hydrogen (secondary N) is 1. The van der Waals surface area contributed by atoms with Gasteiger partial charge in [0.1, 0.15) is 0 Å². The van der Waals surface area contributed by atoms with Gasteiger partial charge in [0, 0.05) is 0 Å². The third-order valence-electron chi connectivity index (χ3n) is 4.82. The zero-order valence-electron chi connectivity index (χ0n) is 11.0. The number of rotatable bonds is 2. The van der Waals surface area contributed by atoms with Crippen LogP contribution in [0.25, 0.3) is 0 Å². The van der Waals surface area contributed by atoms with Gasteiger partial charge in [0.2, 0.25) is 0 Å². The van der Waals surface area contributed by atoms with E-state index in [2.05, 4.69) is 43.4 Å². The van der Waals surface area contributed by atoms with Gasteiger partial charge in [-0.25, -0.2) is 0 Å². The second-order valence-corrected chi connectivity index (χ2v) is 6.26. The average molecular weight is 229 g/mol. The number of piperidine rings is 1. The molecule has 92 valence electrons. The molecule has 2 aliphatic rings. The van der Waals surface area contributed by atoms with Crippen molar-refractivity contribution in [3.05, 3.63) is 35.4 Å². The molecule has 1 saturated heterocycles. The van der Waals surface area contributed by atoms with E-state index in [-0.39, 0.29) is 0 Å². The lowest BCUT2D eigenvalue weighted by atomic mass is 9.81. The van der Waals surface area contributed by atoms with Crippen molar-refractivity contribution < 1.29 is 0 Å². The van der Waals surface area contributed by atoms with Crippen molar-refractivity contribution in [2.45, 2.75) is 44.4 Å². The third-order valence-corrected chi connectivity index (χ3v) is 4.82. The Morgan fingerprint density at radius 2 is 1.88 bits per heavy atom. The minimum atomic E-state index is 0.512. The molecule has 1 heterocycles. The lowest BCUT2D eigenvalue weighted by Gasteiger charge is -2.30. The summed E-state index contributed by atoms with van der Waals surface area (Å²) in [6, 6.07) is 9.50. The van der Waals surface area contributed by atoms with Crippen LogP contribution >= 0.6 is 0 Å². The molecule has 1 aromatic carbocycles. The SMILES string of the molecule is CC1CNCCC1c1ccc(C2(C)CC2)cc1. The Kier molecular flexibility index (Phi) is 2.74. The highest BCUT2D eigenvalue weighted by Crippen LogP contribution is 2.47. The Labute approximate surface area is 105 Å². The van der Waals surface area contributed by atoms with Crippen LogP contribution in [0.1, 0.15) is 50.2 Å². The van der Waals surface area contributed by atoms with E-state index in [0.29, 0.717) is 5.41 Å². The van der Waals surface area contributed by atoms with E-state index < -0.39 is 0 Å². The highest BCUT2D eigenvalue weighted by atomic mass is 14.9. The summed E-state index contributed by atoms with van der Waals surface area (Å²) in [4.78, 5) is 0. The number of hydrogen-bond acceptors (Lipinski definition) is 1. The summed E-state index contributed by atoms with van der Waals surface area (Å²) in [6.45, 7) is 7.10. The molecule has 17 heavy (non-hydrogen) atoms. The molecule has 2 fully saturated rings. The van der Waals surface area contributed by atoms with Crippen LogP contribution in [0, 0.1) is 5.92 Å². The van der Waals surface area contributed by atoms with Gasteiger partial charge in [-0.2, -0.15) is 0 Å². The van der Waals surface area contributed by atoms with E-state index in [0.717, 1.165) is 11.8 Å².